The number of aryl methyl sites for hydroxylation is 1. The first-order valence-corrected chi connectivity index (χ1v) is 13.8. The van der Waals surface area contributed by atoms with E-state index >= 15 is 0 Å². The summed E-state index contributed by atoms with van der Waals surface area (Å²) in [5.41, 5.74) is 3.41. The van der Waals surface area contributed by atoms with Crippen LogP contribution >= 0.6 is 0 Å². The highest BCUT2D eigenvalue weighted by molar-refractivity contribution is 7.91. The summed E-state index contributed by atoms with van der Waals surface area (Å²) >= 11 is 0. The smallest absolute Gasteiger partial charge is 0.287 e. The molecule has 3 aromatic rings. The van der Waals surface area contributed by atoms with Crippen LogP contribution in [0.1, 0.15) is 72.3 Å². The van der Waals surface area contributed by atoms with Crippen LogP contribution < -0.4 is 5.32 Å². The molecular formula is C28H34N2O4S. The molecule has 0 bridgehead atoms. The molecule has 2 aromatic carbocycles. The van der Waals surface area contributed by atoms with Gasteiger partial charge in [-0.25, -0.2) is 8.42 Å². The number of hydrogen-bond acceptors (Lipinski definition) is 5. The molecule has 2 heterocycles. The molecule has 35 heavy (non-hydrogen) atoms. The van der Waals surface area contributed by atoms with Gasteiger partial charge in [0.2, 0.25) is 14.9 Å². The van der Waals surface area contributed by atoms with Crippen molar-refractivity contribution >= 4 is 15.7 Å². The topological polar surface area (TPSA) is 79.6 Å². The normalized spacial score (nSPS) is 15.8. The minimum atomic E-state index is -3.83. The number of nitrogens with zero attached hydrogens (tertiary/aromatic N) is 1. The van der Waals surface area contributed by atoms with Crippen LogP contribution in [0.2, 0.25) is 0 Å². The molecule has 1 aliphatic rings. The van der Waals surface area contributed by atoms with Gasteiger partial charge in [0.15, 0.2) is 5.76 Å². The Labute approximate surface area is 208 Å². The second kappa shape index (κ2) is 10.8. The molecule has 1 unspecified atom stereocenters. The number of piperidine rings is 1. The molecule has 0 radical (unpaired) electrons. The van der Waals surface area contributed by atoms with Crippen molar-refractivity contribution in [2.45, 2.75) is 62.0 Å². The van der Waals surface area contributed by atoms with Gasteiger partial charge in [0.1, 0.15) is 0 Å². The maximum absolute atomic E-state index is 12.9. The van der Waals surface area contributed by atoms with E-state index < -0.39 is 15.7 Å². The van der Waals surface area contributed by atoms with Crippen LogP contribution in [0.5, 0.6) is 0 Å². The van der Waals surface area contributed by atoms with E-state index in [2.05, 4.69) is 48.3 Å². The molecule has 1 amide bonds. The first kappa shape index (κ1) is 25.2. The number of carbonyl (C=O) groups is 1. The van der Waals surface area contributed by atoms with Crippen LogP contribution in [0.3, 0.4) is 0 Å². The third-order valence-electron chi connectivity index (χ3n) is 6.68. The van der Waals surface area contributed by atoms with Crippen molar-refractivity contribution < 1.29 is 17.6 Å². The number of nitrogens with one attached hydrogen (secondary N) is 1. The first-order valence-electron chi connectivity index (χ1n) is 12.3. The number of furan rings is 1. The molecule has 0 spiro atoms. The molecule has 6 nitrogen and oxygen atoms in total. The van der Waals surface area contributed by atoms with Gasteiger partial charge in [0.25, 0.3) is 5.91 Å². The summed E-state index contributed by atoms with van der Waals surface area (Å²) in [5, 5.41) is 2.74. The zero-order chi connectivity index (χ0) is 25.0. The van der Waals surface area contributed by atoms with Gasteiger partial charge in [-0.3, -0.25) is 9.69 Å². The number of carbonyl (C=O) groups excluding carboxylic acids is 1. The van der Waals surface area contributed by atoms with E-state index in [1.807, 2.05) is 6.92 Å². The zero-order valence-electron chi connectivity index (χ0n) is 20.7. The SMILES string of the molecule is Cc1ccc(S(=O)(=O)c2ccc(C(=O)NCC(c3ccc(C(C)C)cc3)N3CCCCC3)o2)cc1. The highest BCUT2D eigenvalue weighted by Crippen LogP contribution is 2.27. The molecule has 186 valence electrons. The van der Waals surface area contributed by atoms with Gasteiger partial charge in [-0.1, -0.05) is 62.2 Å². The van der Waals surface area contributed by atoms with E-state index in [1.54, 1.807) is 24.3 Å². The largest absolute Gasteiger partial charge is 0.439 e. The number of hydrogen-bond donors (Lipinski definition) is 1. The van der Waals surface area contributed by atoms with Crippen LogP contribution in [0, 0.1) is 6.92 Å². The molecule has 1 aliphatic heterocycles. The molecule has 0 saturated carbocycles. The maximum Gasteiger partial charge on any atom is 0.287 e. The average Bonchev–Trinajstić information content (AvgIpc) is 3.37. The predicted octanol–water partition coefficient (Wildman–Crippen LogP) is 5.50. The van der Waals surface area contributed by atoms with E-state index in [1.165, 1.54) is 29.7 Å². The van der Waals surface area contributed by atoms with E-state index in [9.17, 15) is 13.2 Å². The number of likely N-dealkylation sites (tertiary alicyclic amines) is 1. The Balaban J connectivity index is 1.49. The fraction of sp³-hybridized carbons (Fsp3) is 0.393. The zero-order valence-corrected chi connectivity index (χ0v) is 21.5. The van der Waals surface area contributed by atoms with Crippen LogP contribution in [-0.4, -0.2) is 38.9 Å². The second-order valence-corrected chi connectivity index (χ2v) is 11.5. The standard InChI is InChI=1S/C28H34N2O4S/c1-20(2)22-9-11-23(12-10-22)25(30-17-5-4-6-18-30)19-29-28(31)26-15-16-27(34-26)35(32,33)24-13-7-21(3)8-14-24/h7-16,20,25H,4-6,17-19H2,1-3H3,(H,29,31). The lowest BCUT2D eigenvalue weighted by Gasteiger charge is -2.35. The summed E-state index contributed by atoms with van der Waals surface area (Å²) < 4.78 is 31.3. The first-order chi connectivity index (χ1) is 16.8. The molecule has 1 saturated heterocycles. The fourth-order valence-corrected chi connectivity index (χ4v) is 5.66. The summed E-state index contributed by atoms with van der Waals surface area (Å²) in [6.07, 6.45) is 3.52. The Bertz CT molecular complexity index is 1240. The van der Waals surface area contributed by atoms with Crippen LogP contribution in [-0.2, 0) is 9.84 Å². The molecule has 1 atom stereocenters. The van der Waals surface area contributed by atoms with Crippen molar-refractivity contribution in [1.82, 2.24) is 10.2 Å². The van der Waals surface area contributed by atoms with Crippen LogP contribution in [0.25, 0.3) is 0 Å². The Morgan fingerprint density at radius 2 is 1.54 bits per heavy atom. The molecule has 1 N–H and O–H groups in total. The van der Waals surface area contributed by atoms with Gasteiger partial charge in [-0.2, -0.15) is 0 Å². The van der Waals surface area contributed by atoms with E-state index in [0.29, 0.717) is 12.5 Å². The fourth-order valence-electron chi connectivity index (χ4n) is 4.49. The lowest BCUT2D eigenvalue weighted by molar-refractivity contribution is 0.0892. The van der Waals surface area contributed by atoms with Gasteiger partial charge < -0.3 is 9.73 Å². The van der Waals surface area contributed by atoms with Gasteiger partial charge in [0.05, 0.1) is 10.9 Å². The van der Waals surface area contributed by atoms with E-state index in [4.69, 9.17) is 4.42 Å². The summed E-state index contributed by atoms with van der Waals surface area (Å²) in [7, 11) is -3.83. The van der Waals surface area contributed by atoms with E-state index in [-0.39, 0.29) is 21.8 Å². The quantitative estimate of drug-likeness (QED) is 0.447. The summed E-state index contributed by atoms with van der Waals surface area (Å²) in [6, 6.07) is 18.0. The van der Waals surface area contributed by atoms with Gasteiger partial charge in [-0.05, 0) is 74.2 Å². The number of rotatable bonds is 8. The number of amides is 1. The highest BCUT2D eigenvalue weighted by atomic mass is 32.2. The van der Waals surface area contributed by atoms with E-state index in [0.717, 1.165) is 31.5 Å². The molecule has 1 aromatic heterocycles. The van der Waals surface area contributed by atoms with Crippen molar-refractivity contribution in [1.29, 1.82) is 0 Å². The Kier molecular flexibility index (Phi) is 7.77. The molecular weight excluding hydrogens is 460 g/mol. The highest BCUT2D eigenvalue weighted by Gasteiger charge is 2.26. The van der Waals surface area contributed by atoms with Gasteiger partial charge >= 0.3 is 0 Å². The molecule has 0 aliphatic carbocycles. The van der Waals surface area contributed by atoms with Crippen molar-refractivity contribution in [2.75, 3.05) is 19.6 Å². The number of benzene rings is 2. The average molecular weight is 495 g/mol. The van der Waals surface area contributed by atoms with Crippen LogP contribution in [0.15, 0.2) is 75.1 Å². The Morgan fingerprint density at radius 3 is 2.17 bits per heavy atom. The van der Waals surface area contributed by atoms with Crippen molar-refractivity contribution in [3.8, 4) is 0 Å². The maximum atomic E-state index is 12.9. The lowest BCUT2D eigenvalue weighted by atomic mass is 9.97. The second-order valence-electron chi connectivity index (χ2n) is 9.58. The Morgan fingerprint density at radius 1 is 0.914 bits per heavy atom. The summed E-state index contributed by atoms with van der Waals surface area (Å²) in [6.45, 7) is 8.64. The van der Waals surface area contributed by atoms with Gasteiger partial charge in [0, 0.05) is 6.54 Å². The molecule has 1 fully saturated rings. The van der Waals surface area contributed by atoms with Crippen molar-refractivity contribution in [2.24, 2.45) is 0 Å². The number of sulfone groups is 1. The lowest BCUT2D eigenvalue weighted by Crippen LogP contribution is -2.40. The molecule has 4 rings (SSSR count). The van der Waals surface area contributed by atoms with Crippen LogP contribution in [0.4, 0.5) is 0 Å². The summed E-state index contributed by atoms with van der Waals surface area (Å²) in [5.74, 6) is 0.0286. The minimum absolute atomic E-state index is 0.0109. The third-order valence-corrected chi connectivity index (χ3v) is 8.32. The third kappa shape index (κ3) is 5.85. The van der Waals surface area contributed by atoms with Crippen molar-refractivity contribution in [3.63, 3.8) is 0 Å². The molecule has 7 heteroatoms. The Hall–Kier alpha value is -2.90. The minimum Gasteiger partial charge on any atom is -0.439 e. The monoisotopic (exact) mass is 494 g/mol. The van der Waals surface area contributed by atoms with Crippen molar-refractivity contribution in [3.05, 3.63) is 83.1 Å². The van der Waals surface area contributed by atoms with Gasteiger partial charge in [-0.15, -0.1) is 0 Å². The predicted molar refractivity (Wildman–Crippen MR) is 136 cm³/mol. The summed E-state index contributed by atoms with van der Waals surface area (Å²) in [4.78, 5) is 15.5.